The van der Waals surface area contributed by atoms with Crippen LogP contribution in [0.4, 0.5) is 5.69 Å². The summed E-state index contributed by atoms with van der Waals surface area (Å²) in [5.41, 5.74) is 1.76. The van der Waals surface area contributed by atoms with Gasteiger partial charge >= 0.3 is 0 Å². The number of carbonyl (C=O) groups is 1. The zero-order valence-electron chi connectivity index (χ0n) is 11.7. The van der Waals surface area contributed by atoms with Gasteiger partial charge in [-0.1, -0.05) is 35.3 Å². The Balaban J connectivity index is 1.75. The molecule has 1 aliphatic rings. The van der Waals surface area contributed by atoms with Gasteiger partial charge in [0.2, 0.25) is 15.7 Å². The number of carbonyl (C=O) groups excluding carboxylic acids is 1. The average Bonchev–Trinajstić information content (AvgIpc) is 2.78. The molecule has 23 heavy (non-hydrogen) atoms. The van der Waals surface area contributed by atoms with Crippen molar-refractivity contribution in [2.24, 2.45) is 0 Å². The molecule has 0 bridgehead atoms. The topological polar surface area (TPSA) is 63.2 Å². The number of benzene rings is 2. The van der Waals surface area contributed by atoms with Crippen molar-refractivity contribution in [1.82, 2.24) is 0 Å². The summed E-state index contributed by atoms with van der Waals surface area (Å²) in [6.45, 7) is 0. The highest BCUT2D eigenvalue weighted by atomic mass is 35.5. The van der Waals surface area contributed by atoms with Gasteiger partial charge in [0, 0.05) is 11.1 Å². The monoisotopic (exact) mass is 367 g/mol. The van der Waals surface area contributed by atoms with Crippen LogP contribution in [0.15, 0.2) is 46.7 Å². The van der Waals surface area contributed by atoms with Gasteiger partial charge in [0.1, 0.15) is 0 Å². The van der Waals surface area contributed by atoms with E-state index in [1.807, 2.05) is 0 Å². The normalized spacial score (nSPS) is 14.5. The maximum absolute atomic E-state index is 12.1. The average molecular weight is 368 g/mol. The largest absolute Gasteiger partial charge is 0.326 e. The Morgan fingerprint density at radius 3 is 2.57 bits per heavy atom. The quantitative estimate of drug-likeness (QED) is 0.893. The number of anilines is 1. The maximum Gasteiger partial charge on any atom is 0.228 e. The lowest BCUT2D eigenvalue weighted by Gasteiger charge is -2.08. The first kappa shape index (κ1) is 16.1. The smallest absolute Gasteiger partial charge is 0.228 e. The molecule has 3 rings (SSSR count). The highest BCUT2D eigenvalue weighted by Crippen LogP contribution is 2.29. The summed E-state index contributed by atoms with van der Waals surface area (Å²) in [6.07, 6.45) is 1.64. The van der Waals surface area contributed by atoms with Crippen LogP contribution in [0.3, 0.4) is 0 Å². The first-order chi connectivity index (χ1) is 10.8. The summed E-state index contributed by atoms with van der Waals surface area (Å²) in [5, 5.41) is 4.64. The maximum atomic E-state index is 12.1. The molecule has 1 aliphatic heterocycles. The number of amides is 1. The summed E-state index contributed by atoms with van der Waals surface area (Å²) in [5.74, 6) is -0.272. The molecule has 1 N–H and O–H groups in total. The van der Waals surface area contributed by atoms with Gasteiger partial charge in [-0.25, -0.2) is 8.42 Å². The van der Waals surface area contributed by atoms with E-state index in [-0.39, 0.29) is 17.2 Å². The van der Waals surface area contributed by atoms with E-state index in [4.69, 9.17) is 23.2 Å². The summed E-state index contributed by atoms with van der Waals surface area (Å²) < 4.78 is 23.6. The molecular formula is C16H11Cl2NO3S. The Morgan fingerprint density at radius 2 is 1.83 bits per heavy atom. The molecule has 1 heterocycles. The molecule has 1 amide bonds. The number of nitrogens with one attached hydrogen (secondary N) is 1. The van der Waals surface area contributed by atoms with Crippen LogP contribution in [0.1, 0.15) is 11.1 Å². The molecule has 4 nitrogen and oxygen atoms in total. The lowest BCUT2D eigenvalue weighted by molar-refractivity contribution is -0.115. The number of hydrogen-bond donors (Lipinski definition) is 1. The molecular weight excluding hydrogens is 357 g/mol. The van der Waals surface area contributed by atoms with Crippen molar-refractivity contribution in [2.75, 3.05) is 5.32 Å². The van der Waals surface area contributed by atoms with Gasteiger partial charge in [0.15, 0.2) is 0 Å². The summed E-state index contributed by atoms with van der Waals surface area (Å²) in [7, 11) is -3.40. The van der Waals surface area contributed by atoms with Crippen molar-refractivity contribution < 1.29 is 13.2 Å². The van der Waals surface area contributed by atoms with Gasteiger partial charge in [0.25, 0.3) is 0 Å². The van der Waals surface area contributed by atoms with E-state index in [1.54, 1.807) is 30.3 Å². The summed E-state index contributed by atoms with van der Waals surface area (Å²) >= 11 is 11.7. The molecule has 0 fully saturated rings. The zero-order valence-corrected chi connectivity index (χ0v) is 14.0. The molecule has 0 atom stereocenters. The van der Waals surface area contributed by atoms with Gasteiger partial charge in [-0.2, -0.15) is 0 Å². The first-order valence-electron chi connectivity index (χ1n) is 6.66. The third-order valence-corrected chi connectivity index (χ3v) is 5.58. The fraction of sp³-hybridized carbons (Fsp3) is 0.0625. The molecule has 118 valence electrons. The third-order valence-electron chi connectivity index (χ3n) is 3.38. The van der Waals surface area contributed by atoms with Crippen LogP contribution in [-0.2, 0) is 21.1 Å². The van der Waals surface area contributed by atoms with E-state index in [2.05, 4.69) is 5.32 Å². The fourth-order valence-electron chi connectivity index (χ4n) is 2.27. The highest BCUT2D eigenvalue weighted by Gasteiger charge is 2.21. The molecule has 0 aromatic heterocycles. The van der Waals surface area contributed by atoms with Crippen LogP contribution in [0.25, 0.3) is 6.08 Å². The Labute approximate surface area is 143 Å². The van der Waals surface area contributed by atoms with Crippen LogP contribution in [0.2, 0.25) is 10.0 Å². The Bertz CT molecular complexity index is 936. The molecule has 2 aromatic carbocycles. The second kappa shape index (κ2) is 6.00. The Kier molecular flexibility index (Phi) is 4.19. The van der Waals surface area contributed by atoms with Gasteiger partial charge < -0.3 is 5.32 Å². The number of fused-ring (bicyclic) bond motifs is 1. The molecule has 0 radical (unpaired) electrons. The van der Waals surface area contributed by atoms with Crippen LogP contribution < -0.4 is 5.32 Å². The Hall–Kier alpha value is -1.82. The second-order valence-corrected chi connectivity index (χ2v) is 7.69. The van der Waals surface area contributed by atoms with Gasteiger partial charge in [-0.05, 0) is 41.5 Å². The molecule has 0 spiro atoms. The van der Waals surface area contributed by atoms with E-state index in [1.165, 1.54) is 12.1 Å². The SMILES string of the molecule is O=C(Cc1ccc(Cl)c(Cl)c1)Nc1ccc2c(c1)S(=O)(=O)C=C2. The molecule has 0 saturated carbocycles. The molecule has 0 aliphatic carbocycles. The number of sulfone groups is 1. The van der Waals surface area contributed by atoms with E-state index < -0.39 is 9.84 Å². The van der Waals surface area contributed by atoms with E-state index in [0.717, 1.165) is 5.41 Å². The van der Waals surface area contributed by atoms with Gasteiger partial charge in [-0.3, -0.25) is 4.79 Å². The van der Waals surface area contributed by atoms with Crippen molar-refractivity contribution in [1.29, 1.82) is 0 Å². The minimum absolute atomic E-state index is 0.110. The van der Waals surface area contributed by atoms with Crippen LogP contribution in [0, 0.1) is 0 Å². The van der Waals surface area contributed by atoms with Crippen molar-refractivity contribution >= 4 is 50.7 Å². The minimum atomic E-state index is -3.40. The van der Waals surface area contributed by atoms with E-state index in [0.29, 0.717) is 26.9 Å². The second-order valence-electron chi connectivity index (χ2n) is 5.07. The minimum Gasteiger partial charge on any atom is -0.326 e. The van der Waals surface area contributed by atoms with Crippen LogP contribution in [-0.4, -0.2) is 14.3 Å². The highest BCUT2D eigenvalue weighted by molar-refractivity contribution is 7.94. The van der Waals surface area contributed by atoms with Gasteiger partial charge in [0.05, 0.1) is 21.4 Å². The van der Waals surface area contributed by atoms with Crippen molar-refractivity contribution in [3.05, 3.63) is 63.0 Å². The zero-order chi connectivity index (χ0) is 16.6. The lowest BCUT2D eigenvalue weighted by Crippen LogP contribution is -2.14. The predicted octanol–water partition coefficient (Wildman–Crippen LogP) is 3.93. The van der Waals surface area contributed by atoms with E-state index in [9.17, 15) is 13.2 Å². The molecule has 2 aromatic rings. The van der Waals surface area contributed by atoms with Crippen molar-refractivity contribution in [3.63, 3.8) is 0 Å². The summed E-state index contributed by atoms with van der Waals surface area (Å²) in [4.78, 5) is 12.3. The van der Waals surface area contributed by atoms with E-state index >= 15 is 0 Å². The van der Waals surface area contributed by atoms with Crippen LogP contribution >= 0.6 is 23.2 Å². The number of halogens is 2. The number of hydrogen-bond acceptors (Lipinski definition) is 3. The lowest BCUT2D eigenvalue weighted by atomic mass is 10.1. The standard InChI is InChI=1S/C16H11Cl2NO3S/c17-13-4-1-10(7-14(13)18)8-16(20)19-12-3-2-11-5-6-23(21,22)15(11)9-12/h1-7,9H,8H2,(H,19,20). The third kappa shape index (κ3) is 3.42. The number of rotatable bonds is 3. The van der Waals surface area contributed by atoms with Crippen molar-refractivity contribution in [2.45, 2.75) is 11.3 Å². The fourth-order valence-corrected chi connectivity index (χ4v) is 3.82. The molecule has 0 unspecified atom stereocenters. The Morgan fingerprint density at radius 1 is 1.04 bits per heavy atom. The van der Waals surface area contributed by atoms with Gasteiger partial charge in [-0.15, -0.1) is 0 Å². The molecule has 7 heteroatoms. The summed E-state index contributed by atoms with van der Waals surface area (Å²) in [6, 6.07) is 9.74. The van der Waals surface area contributed by atoms with Crippen LogP contribution in [0.5, 0.6) is 0 Å². The predicted molar refractivity (Wildman–Crippen MR) is 91.5 cm³/mol. The molecule has 0 saturated heterocycles. The van der Waals surface area contributed by atoms with Crippen molar-refractivity contribution in [3.8, 4) is 0 Å². The first-order valence-corrected chi connectivity index (χ1v) is 8.96.